The van der Waals surface area contributed by atoms with Crippen LogP contribution in [0.25, 0.3) is 0 Å². The van der Waals surface area contributed by atoms with E-state index < -0.39 is 16.1 Å². The van der Waals surface area contributed by atoms with Gasteiger partial charge in [-0.15, -0.1) is 0 Å². The molecule has 8 heteroatoms. The van der Waals surface area contributed by atoms with Crippen LogP contribution < -0.4 is 9.62 Å². The third-order valence-electron chi connectivity index (χ3n) is 5.98. The molecule has 0 aromatic heterocycles. The lowest BCUT2D eigenvalue weighted by Gasteiger charge is -2.29. The highest BCUT2D eigenvalue weighted by Crippen LogP contribution is 2.24. The molecule has 0 aliphatic heterocycles. The van der Waals surface area contributed by atoms with Crippen LogP contribution in [0.4, 0.5) is 5.69 Å². The molecule has 192 valence electrons. The fourth-order valence-corrected chi connectivity index (χ4v) is 4.85. The van der Waals surface area contributed by atoms with E-state index in [-0.39, 0.29) is 24.8 Å². The lowest BCUT2D eigenvalue weighted by atomic mass is 10.1. The Labute approximate surface area is 210 Å². The minimum atomic E-state index is -3.52. The molecule has 0 heterocycles. The van der Waals surface area contributed by atoms with Crippen molar-refractivity contribution >= 4 is 27.5 Å². The molecule has 0 aliphatic carbocycles. The maximum Gasteiger partial charge on any atom is 0.242 e. The van der Waals surface area contributed by atoms with Gasteiger partial charge in [-0.25, -0.2) is 8.42 Å². The highest BCUT2D eigenvalue weighted by molar-refractivity contribution is 7.92. The van der Waals surface area contributed by atoms with E-state index in [9.17, 15) is 18.0 Å². The van der Waals surface area contributed by atoms with Gasteiger partial charge in [-0.1, -0.05) is 48.9 Å². The Kier molecular flexibility index (Phi) is 10.3. The number of hydrogen-bond acceptors (Lipinski definition) is 4. The summed E-state index contributed by atoms with van der Waals surface area (Å²) in [6.07, 6.45) is 2.46. The summed E-state index contributed by atoms with van der Waals surface area (Å²) < 4.78 is 26.5. The van der Waals surface area contributed by atoms with Gasteiger partial charge in [0.2, 0.25) is 21.8 Å². The normalized spacial score (nSPS) is 12.2. The molecule has 0 radical (unpaired) electrons. The summed E-state index contributed by atoms with van der Waals surface area (Å²) in [5, 5.41) is 2.87. The molecule has 35 heavy (non-hydrogen) atoms. The molecule has 0 fully saturated rings. The molecule has 1 atom stereocenters. The maximum atomic E-state index is 13.3. The van der Waals surface area contributed by atoms with Crippen molar-refractivity contribution in [3.63, 3.8) is 0 Å². The number of nitrogens with one attached hydrogen (secondary N) is 1. The van der Waals surface area contributed by atoms with Crippen molar-refractivity contribution in [3.05, 3.63) is 64.7 Å². The summed E-state index contributed by atoms with van der Waals surface area (Å²) in [4.78, 5) is 27.6. The standard InChI is InChI=1S/C27H39N3O4S/c1-7-16-28-27(32)23(5)29(19-24-14-11-20(2)12-15-24)26(31)9-8-17-30(35(6,33)34)25-18-21(3)10-13-22(25)4/h10-15,18,23H,7-9,16-17,19H2,1-6H3,(H,28,32)/t23-/m0/s1. The van der Waals surface area contributed by atoms with Crippen LogP contribution in [0.2, 0.25) is 0 Å². The number of sulfonamides is 1. The van der Waals surface area contributed by atoms with E-state index in [1.807, 2.05) is 70.2 Å². The van der Waals surface area contributed by atoms with E-state index in [2.05, 4.69) is 5.32 Å². The van der Waals surface area contributed by atoms with Gasteiger partial charge >= 0.3 is 0 Å². The van der Waals surface area contributed by atoms with Crippen molar-refractivity contribution in [2.75, 3.05) is 23.7 Å². The van der Waals surface area contributed by atoms with Crippen LogP contribution in [-0.4, -0.2) is 50.5 Å². The van der Waals surface area contributed by atoms with Crippen LogP contribution in [0.15, 0.2) is 42.5 Å². The minimum absolute atomic E-state index is 0.133. The Balaban J connectivity index is 2.18. The first-order valence-electron chi connectivity index (χ1n) is 12.1. The van der Waals surface area contributed by atoms with E-state index >= 15 is 0 Å². The van der Waals surface area contributed by atoms with Crippen molar-refractivity contribution in [2.24, 2.45) is 0 Å². The third kappa shape index (κ3) is 8.38. The van der Waals surface area contributed by atoms with Gasteiger partial charge in [0.05, 0.1) is 11.9 Å². The van der Waals surface area contributed by atoms with E-state index in [4.69, 9.17) is 0 Å². The molecule has 0 bridgehead atoms. The molecule has 1 N–H and O–H groups in total. The average Bonchev–Trinajstić information content (AvgIpc) is 2.80. The summed E-state index contributed by atoms with van der Waals surface area (Å²) >= 11 is 0. The summed E-state index contributed by atoms with van der Waals surface area (Å²) in [5.41, 5.74) is 4.50. The van der Waals surface area contributed by atoms with Gasteiger partial charge in [0.25, 0.3) is 0 Å². The van der Waals surface area contributed by atoms with E-state index in [0.717, 1.165) is 28.7 Å². The van der Waals surface area contributed by atoms with Crippen molar-refractivity contribution in [2.45, 2.75) is 66.5 Å². The zero-order valence-electron chi connectivity index (χ0n) is 21.8. The van der Waals surface area contributed by atoms with Crippen LogP contribution in [0.5, 0.6) is 0 Å². The highest BCUT2D eigenvalue weighted by atomic mass is 32.2. The second-order valence-corrected chi connectivity index (χ2v) is 11.1. The summed E-state index contributed by atoms with van der Waals surface area (Å²) in [6, 6.07) is 12.9. The molecule has 7 nitrogen and oxygen atoms in total. The number of carbonyl (C=O) groups excluding carboxylic acids is 2. The quantitative estimate of drug-likeness (QED) is 0.474. The Morgan fingerprint density at radius 2 is 1.63 bits per heavy atom. The van der Waals surface area contributed by atoms with Gasteiger partial charge in [0.1, 0.15) is 6.04 Å². The summed E-state index contributed by atoms with van der Waals surface area (Å²) in [6.45, 7) is 10.5. The second kappa shape index (κ2) is 12.7. The SMILES string of the molecule is CCCNC(=O)[C@H](C)N(Cc1ccc(C)cc1)C(=O)CCCN(c1cc(C)ccc1C)S(C)(=O)=O. The van der Waals surface area contributed by atoms with Gasteiger partial charge in [0.15, 0.2) is 0 Å². The lowest BCUT2D eigenvalue weighted by molar-refractivity contribution is -0.140. The molecule has 0 saturated carbocycles. The van der Waals surface area contributed by atoms with Crippen LogP contribution in [0.1, 0.15) is 55.4 Å². The van der Waals surface area contributed by atoms with Gasteiger partial charge in [0, 0.05) is 26.1 Å². The molecular weight excluding hydrogens is 462 g/mol. The molecule has 0 aliphatic rings. The number of rotatable bonds is 12. The number of anilines is 1. The van der Waals surface area contributed by atoms with E-state index in [1.165, 1.54) is 10.6 Å². The Hall–Kier alpha value is -2.87. The maximum absolute atomic E-state index is 13.3. The topological polar surface area (TPSA) is 86.8 Å². The molecule has 2 aromatic rings. The van der Waals surface area contributed by atoms with E-state index in [0.29, 0.717) is 25.2 Å². The van der Waals surface area contributed by atoms with Gasteiger partial charge in [-0.2, -0.15) is 0 Å². The molecular formula is C27H39N3O4S. The number of carbonyl (C=O) groups is 2. The second-order valence-electron chi connectivity index (χ2n) is 9.20. The Morgan fingerprint density at radius 3 is 2.23 bits per heavy atom. The first-order valence-corrected chi connectivity index (χ1v) is 14.0. The first kappa shape index (κ1) is 28.4. The Morgan fingerprint density at radius 1 is 1.00 bits per heavy atom. The van der Waals surface area contributed by atoms with Crippen molar-refractivity contribution < 1.29 is 18.0 Å². The zero-order valence-corrected chi connectivity index (χ0v) is 22.6. The largest absolute Gasteiger partial charge is 0.354 e. The number of amides is 2. The number of nitrogens with zero attached hydrogens (tertiary/aromatic N) is 2. The van der Waals surface area contributed by atoms with E-state index in [1.54, 1.807) is 11.8 Å². The lowest BCUT2D eigenvalue weighted by Crippen LogP contribution is -2.47. The number of aryl methyl sites for hydroxylation is 3. The monoisotopic (exact) mass is 501 g/mol. The Bertz CT molecular complexity index is 1110. The molecule has 0 saturated heterocycles. The molecule has 0 spiro atoms. The van der Waals surface area contributed by atoms with Crippen LogP contribution in [0.3, 0.4) is 0 Å². The molecule has 2 rings (SSSR count). The van der Waals surface area contributed by atoms with Crippen molar-refractivity contribution in [1.82, 2.24) is 10.2 Å². The van der Waals surface area contributed by atoms with Crippen molar-refractivity contribution in [1.29, 1.82) is 0 Å². The summed E-state index contributed by atoms with van der Waals surface area (Å²) in [5.74, 6) is -0.375. The van der Waals surface area contributed by atoms with Crippen molar-refractivity contribution in [3.8, 4) is 0 Å². The van der Waals surface area contributed by atoms with Crippen LogP contribution >= 0.6 is 0 Å². The molecule has 2 amide bonds. The smallest absolute Gasteiger partial charge is 0.242 e. The number of benzene rings is 2. The van der Waals surface area contributed by atoms with Crippen LogP contribution in [0, 0.1) is 20.8 Å². The third-order valence-corrected chi connectivity index (χ3v) is 7.16. The minimum Gasteiger partial charge on any atom is -0.354 e. The van der Waals surface area contributed by atoms with Gasteiger partial charge in [-0.05, 0) is 63.3 Å². The first-order chi connectivity index (χ1) is 16.4. The predicted octanol–water partition coefficient (Wildman–Crippen LogP) is 4.10. The summed E-state index contributed by atoms with van der Waals surface area (Å²) in [7, 11) is -3.52. The van der Waals surface area contributed by atoms with Crippen LogP contribution in [-0.2, 0) is 26.2 Å². The van der Waals surface area contributed by atoms with Gasteiger partial charge in [-0.3, -0.25) is 13.9 Å². The average molecular weight is 502 g/mol. The molecule has 0 unspecified atom stereocenters. The van der Waals surface area contributed by atoms with Gasteiger partial charge < -0.3 is 10.2 Å². The number of hydrogen-bond donors (Lipinski definition) is 1. The molecule has 2 aromatic carbocycles. The highest BCUT2D eigenvalue weighted by Gasteiger charge is 2.26. The fourth-order valence-electron chi connectivity index (χ4n) is 3.84. The fraction of sp³-hybridized carbons (Fsp3) is 0.481. The zero-order chi connectivity index (χ0) is 26.2. The predicted molar refractivity (Wildman–Crippen MR) is 142 cm³/mol.